The van der Waals surface area contributed by atoms with Crippen molar-refractivity contribution in [2.75, 3.05) is 24.6 Å². The number of hydrogen-bond acceptors (Lipinski definition) is 4. The van der Waals surface area contributed by atoms with Crippen LogP contribution in [-0.4, -0.2) is 34.9 Å². The van der Waals surface area contributed by atoms with E-state index in [2.05, 4.69) is 23.1 Å². The summed E-state index contributed by atoms with van der Waals surface area (Å²) in [5, 5.41) is 1.27. The maximum absolute atomic E-state index is 5.69. The standard InChI is InChI=1S/C12H22N4S2/c1-3-7-15-11(13)17-9-5-6-10-18-12(14)16-8-4-2/h3-4H,1-2,5-10H2,(H2,13,15)(H2,14,16). The second-order valence-corrected chi connectivity index (χ2v) is 5.57. The van der Waals surface area contributed by atoms with E-state index in [1.165, 1.54) is 0 Å². The number of rotatable bonds is 9. The highest BCUT2D eigenvalue weighted by atomic mass is 32.2. The van der Waals surface area contributed by atoms with Gasteiger partial charge in [0.1, 0.15) is 0 Å². The Hall–Kier alpha value is -0.880. The van der Waals surface area contributed by atoms with Crippen LogP contribution in [0.3, 0.4) is 0 Å². The lowest BCUT2D eigenvalue weighted by Crippen LogP contribution is -2.09. The van der Waals surface area contributed by atoms with E-state index in [1.54, 1.807) is 35.7 Å². The van der Waals surface area contributed by atoms with Gasteiger partial charge in [-0.25, -0.2) is 0 Å². The van der Waals surface area contributed by atoms with Crippen molar-refractivity contribution in [2.45, 2.75) is 12.8 Å². The van der Waals surface area contributed by atoms with Crippen LogP contribution in [0.15, 0.2) is 35.3 Å². The summed E-state index contributed by atoms with van der Waals surface area (Å²) in [5.41, 5.74) is 11.4. The molecule has 0 aliphatic rings. The van der Waals surface area contributed by atoms with Gasteiger partial charge in [0, 0.05) is 11.5 Å². The van der Waals surface area contributed by atoms with Gasteiger partial charge in [-0.1, -0.05) is 35.7 Å². The average Bonchev–Trinajstić information content (AvgIpc) is 2.37. The molecule has 0 rings (SSSR count). The van der Waals surface area contributed by atoms with Crippen LogP contribution in [0.4, 0.5) is 0 Å². The molecule has 0 atom stereocenters. The van der Waals surface area contributed by atoms with Crippen LogP contribution in [0.1, 0.15) is 12.8 Å². The number of aliphatic imine (C=N–C) groups is 2. The van der Waals surface area contributed by atoms with E-state index in [-0.39, 0.29) is 0 Å². The third-order valence-electron chi connectivity index (χ3n) is 1.79. The van der Waals surface area contributed by atoms with Gasteiger partial charge < -0.3 is 11.5 Å². The Bertz CT molecular complexity index is 270. The van der Waals surface area contributed by atoms with Crippen LogP contribution in [-0.2, 0) is 0 Å². The van der Waals surface area contributed by atoms with Gasteiger partial charge in [-0.2, -0.15) is 0 Å². The molecule has 0 radical (unpaired) electrons. The highest BCUT2D eigenvalue weighted by Gasteiger charge is 1.96. The number of thioether (sulfide) groups is 2. The molecule has 0 heterocycles. The van der Waals surface area contributed by atoms with E-state index in [9.17, 15) is 0 Å². The lowest BCUT2D eigenvalue weighted by atomic mass is 10.4. The van der Waals surface area contributed by atoms with Gasteiger partial charge in [0.25, 0.3) is 0 Å². The second-order valence-electron chi connectivity index (χ2n) is 3.34. The molecular formula is C12H22N4S2. The number of amidine groups is 2. The molecule has 4 nitrogen and oxygen atoms in total. The Labute approximate surface area is 118 Å². The molecule has 0 amide bonds. The van der Waals surface area contributed by atoms with E-state index in [0.29, 0.717) is 23.4 Å². The Balaban J connectivity index is 3.46. The number of nitrogens with two attached hydrogens (primary N) is 2. The van der Waals surface area contributed by atoms with Crippen molar-refractivity contribution in [2.24, 2.45) is 21.5 Å². The molecule has 0 aromatic rings. The second kappa shape index (κ2) is 12.6. The van der Waals surface area contributed by atoms with E-state index in [0.717, 1.165) is 24.3 Å². The van der Waals surface area contributed by atoms with Crippen LogP contribution < -0.4 is 11.5 Å². The van der Waals surface area contributed by atoms with Crippen molar-refractivity contribution < 1.29 is 0 Å². The van der Waals surface area contributed by atoms with Gasteiger partial charge in [0.05, 0.1) is 13.1 Å². The minimum atomic E-state index is 0.588. The van der Waals surface area contributed by atoms with Gasteiger partial charge in [-0.05, 0) is 12.8 Å². The molecule has 0 saturated carbocycles. The Kier molecular flexibility index (Phi) is 12.0. The van der Waals surface area contributed by atoms with Crippen LogP contribution in [0.5, 0.6) is 0 Å². The summed E-state index contributed by atoms with van der Waals surface area (Å²) in [7, 11) is 0. The fraction of sp³-hybridized carbons (Fsp3) is 0.500. The fourth-order valence-corrected chi connectivity index (χ4v) is 2.40. The van der Waals surface area contributed by atoms with Gasteiger partial charge in [-0.15, -0.1) is 13.2 Å². The van der Waals surface area contributed by atoms with Crippen LogP contribution in [0.2, 0.25) is 0 Å². The summed E-state index contributed by atoms with van der Waals surface area (Å²) in [4.78, 5) is 8.22. The van der Waals surface area contributed by atoms with Crippen molar-refractivity contribution in [3.63, 3.8) is 0 Å². The maximum Gasteiger partial charge on any atom is 0.154 e. The number of hydrogen-bond donors (Lipinski definition) is 2. The molecule has 0 saturated heterocycles. The zero-order chi connectivity index (χ0) is 13.6. The number of unbranched alkanes of at least 4 members (excludes halogenated alkanes) is 1. The summed E-state index contributed by atoms with van der Waals surface area (Å²) in [6.45, 7) is 8.35. The first-order valence-electron chi connectivity index (χ1n) is 5.78. The predicted octanol–water partition coefficient (Wildman–Crippen LogP) is 2.23. The Morgan fingerprint density at radius 1 is 0.889 bits per heavy atom. The normalized spacial score (nSPS) is 12.4. The van der Waals surface area contributed by atoms with Crippen LogP contribution in [0, 0.1) is 0 Å². The van der Waals surface area contributed by atoms with Crippen molar-refractivity contribution in [3.8, 4) is 0 Å². The van der Waals surface area contributed by atoms with Gasteiger partial charge >= 0.3 is 0 Å². The molecule has 0 aliphatic carbocycles. The molecule has 0 aliphatic heterocycles. The first-order chi connectivity index (χ1) is 8.70. The minimum Gasteiger partial charge on any atom is -0.379 e. The van der Waals surface area contributed by atoms with Crippen molar-refractivity contribution in [1.29, 1.82) is 0 Å². The average molecular weight is 286 g/mol. The quantitative estimate of drug-likeness (QED) is 0.295. The summed E-state index contributed by atoms with van der Waals surface area (Å²) in [5.74, 6) is 1.97. The van der Waals surface area contributed by atoms with E-state index < -0.39 is 0 Å². The van der Waals surface area contributed by atoms with E-state index in [1.807, 2.05) is 0 Å². The van der Waals surface area contributed by atoms with E-state index in [4.69, 9.17) is 11.5 Å². The maximum atomic E-state index is 5.69. The monoisotopic (exact) mass is 286 g/mol. The summed E-state index contributed by atoms with van der Waals surface area (Å²) >= 11 is 3.17. The van der Waals surface area contributed by atoms with Crippen molar-refractivity contribution in [1.82, 2.24) is 0 Å². The zero-order valence-corrected chi connectivity index (χ0v) is 12.3. The SMILES string of the molecule is C=CCN=C(N)SCCCCSC(N)=NCC=C. The highest BCUT2D eigenvalue weighted by Crippen LogP contribution is 2.09. The largest absolute Gasteiger partial charge is 0.379 e. The Morgan fingerprint density at radius 2 is 1.28 bits per heavy atom. The third kappa shape index (κ3) is 11.6. The molecule has 0 bridgehead atoms. The molecule has 0 aromatic heterocycles. The number of nitrogens with zero attached hydrogens (tertiary/aromatic N) is 2. The minimum absolute atomic E-state index is 0.588. The first-order valence-corrected chi connectivity index (χ1v) is 7.75. The first kappa shape index (κ1) is 17.1. The fourth-order valence-electron chi connectivity index (χ4n) is 0.958. The van der Waals surface area contributed by atoms with Gasteiger partial charge in [0.15, 0.2) is 10.3 Å². The molecule has 6 heteroatoms. The third-order valence-corrected chi connectivity index (χ3v) is 3.63. The van der Waals surface area contributed by atoms with Crippen LogP contribution in [0.25, 0.3) is 0 Å². The smallest absolute Gasteiger partial charge is 0.154 e. The highest BCUT2D eigenvalue weighted by molar-refractivity contribution is 8.14. The summed E-state index contributed by atoms with van der Waals surface area (Å²) < 4.78 is 0. The molecular weight excluding hydrogens is 264 g/mol. The topological polar surface area (TPSA) is 76.8 Å². The molecule has 18 heavy (non-hydrogen) atoms. The lowest BCUT2D eigenvalue weighted by Gasteiger charge is -2.01. The molecule has 102 valence electrons. The van der Waals surface area contributed by atoms with Crippen molar-refractivity contribution in [3.05, 3.63) is 25.3 Å². The lowest BCUT2D eigenvalue weighted by molar-refractivity contribution is 0.910. The zero-order valence-electron chi connectivity index (χ0n) is 10.7. The molecule has 4 N–H and O–H groups in total. The molecule has 0 aromatic carbocycles. The summed E-state index contributed by atoms with van der Waals surface area (Å²) in [6, 6.07) is 0. The van der Waals surface area contributed by atoms with Crippen LogP contribution >= 0.6 is 23.5 Å². The van der Waals surface area contributed by atoms with Gasteiger partial charge in [0.2, 0.25) is 0 Å². The predicted molar refractivity (Wildman–Crippen MR) is 87.5 cm³/mol. The van der Waals surface area contributed by atoms with Gasteiger partial charge in [-0.3, -0.25) is 9.98 Å². The molecule has 0 spiro atoms. The van der Waals surface area contributed by atoms with Crippen molar-refractivity contribution >= 4 is 33.9 Å². The summed E-state index contributed by atoms with van der Waals surface area (Å²) in [6.07, 6.45) is 5.65. The van der Waals surface area contributed by atoms with E-state index >= 15 is 0 Å². The molecule has 0 fully saturated rings. The Morgan fingerprint density at radius 3 is 1.61 bits per heavy atom. The molecule has 0 unspecified atom stereocenters.